The molecule has 126 valence electrons. The molecule has 0 amide bonds. The minimum absolute atomic E-state index is 0.212. The van der Waals surface area contributed by atoms with E-state index in [4.69, 9.17) is 0 Å². The van der Waals surface area contributed by atoms with Crippen LogP contribution < -0.4 is 0 Å². The van der Waals surface area contributed by atoms with Gasteiger partial charge in [-0.15, -0.1) is 0 Å². The first-order valence-electron chi connectivity index (χ1n) is 7.87. The quantitative estimate of drug-likeness (QED) is 0.577. The first-order valence-corrected chi connectivity index (χ1v) is 13.0. The molecular formula is C18H27NO2SSi. The lowest BCUT2D eigenvalue weighted by Gasteiger charge is -2.17. The highest BCUT2D eigenvalue weighted by Gasteiger charge is 2.21. The van der Waals surface area contributed by atoms with Crippen molar-refractivity contribution < 1.29 is 8.42 Å². The molecule has 3 nitrogen and oxygen atoms in total. The van der Waals surface area contributed by atoms with E-state index in [2.05, 4.69) is 37.6 Å². The molecular weight excluding hydrogens is 322 g/mol. The molecule has 0 bridgehead atoms. The van der Waals surface area contributed by atoms with Crippen LogP contribution >= 0.6 is 0 Å². The van der Waals surface area contributed by atoms with Crippen molar-refractivity contribution in [3.05, 3.63) is 42.0 Å². The average molecular weight is 350 g/mol. The molecule has 5 heteroatoms. The predicted molar refractivity (Wildman–Crippen MR) is 101 cm³/mol. The largest absolute Gasteiger partial charge is 0.243 e. The Morgan fingerprint density at radius 1 is 1.17 bits per heavy atom. The van der Waals surface area contributed by atoms with Crippen molar-refractivity contribution >= 4 is 18.1 Å². The van der Waals surface area contributed by atoms with Crippen LogP contribution in [0.5, 0.6) is 0 Å². The first kappa shape index (κ1) is 19.7. The van der Waals surface area contributed by atoms with E-state index in [-0.39, 0.29) is 6.54 Å². The Kier molecular flexibility index (Phi) is 7.27. The third-order valence-corrected chi connectivity index (χ3v) is 6.70. The first-order chi connectivity index (χ1) is 10.7. The summed E-state index contributed by atoms with van der Waals surface area (Å²) in [6.07, 6.45) is 3.93. The second-order valence-electron chi connectivity index (χ2n) is 6.73. The highest BCUT2D eigenvalue weighted by atomic mass is 32.2. The van der Waals surface area contributed by atoms with Crippen LogP contribution in [-0.2, 0) is 10.0 Å². The number of nitrogens with zero attached hydrogens (tertiary/aromatic N) is 1. The Bertz CT molecular complexity index is 689. The summed E-state index contributed by atoms with van der Waals surface area (Å²) in [5, 5.41) is 0. The van der Waals surface area contributed by atoms with Crippen LogP contribution in [0.4, 0.5) is 0 Å². The third kappa shape index (κ3) is 6.74. The Morgan fingerprint density at radius 2 is 1.78 bits per heavy atom. The fourth-order valence-electron chi connectivity index (χ4n) is 1.89. The van der Waals surface area contributed by atoms with E-state index < -0.39 is 18.1 Å². The molecule has 0 spiro atoms. The lowest BCUT2D eigenvalue weighted by molar-refractivity contribution is 0.464. The SMILES string of the molecule is CCN(CC#C/C=C\C[Si](C)(C)C)S(=O)(=O)c1ccc(C)cc1. The lowest BCUT2D eigenvalue weighted by atomic mass is 10.2. The van der Waals surface area contributed by atoms with E-state index in [1.807, 2.05) is 32.1 Å². The van der Waals surface area contributed by atoms with E-state index in [0.29, 0.717) is 11.4 Å². The summed E-state index contributed by atoms with van der Waals surface area (Å²) < 4.78 is 26.5. The lowest BCUT2D eigenvalue weighted by Crippen LogP contribution is -2.31. The van der Waals surface area contributed by atoms with Crippen LogP contribution in [0.3, 0.4) is 0 Å². The minimum Gasteiger partial charge on any atom is -0.207 e. The van der Waals surface area contributed by atoms with Gasteiger partial charge in [-0.05, 0) is 31.2 Å². The molecule has 1 aromatic rings. The zero-order chi connectivity index (χ0) is 17.5. The summed E-state index contributed by atoms with van der Waals surface area (Å²) >= 11 is 0. The fourth-order valence-corrected chi connectivity index (χ4v) is 4.07. The number of hydrogen-bond donors (Lipinski definition) is 0. The Morgan fingerprint density at radius 3 is 2.30 bits per heavy atom. The minimum atomic E-state index is -3.47. The molecule has 0 N–H and O–H groups in total. The molecule has 0 radical (unpaired) electrons. The van der Waals surface area contributed by atoms with Crippen molar-refractivity contribution in [1.82, 2.24) is 4.31 Å². The predicted octanol–water partition coefficient (Wildman–Crippen LogP) is 3.90. The van der Waals surface area contributed by atoms with Crippen LogP contribution in [0.15, 0.2) is 41.3 Å². The average Bonchev–Trinajstić information content (AvgIpc) is 2.45. The van der Waals surface area contributed by atoms with E-state index in [9.17, 15) is 8.42 Å². The number of benzene rings is 1. The van der Waals surface area contributed by atoms with Gasteiger partial charge >= 0.3 is 0 Å². The van der Waals surface area contributed by atoms with Gasteiger partial charge in [-0.3, -0.25) is 0 Å². The number of aryl methyl sites for hydroxylation is 1. The molecule has 23 heavy (non-hydrogen) atoms. The van der Waals surface area contributed by atoms with Crippen molar-refractivity contribution in [2.24, 2.45) is 0 Å². The van der Waals surface area contributed by atoms with Gasteiger partial charge < -0.3 is 0 Å². The van der Waals surface area contributed by atoms with Gasteiger partial charge in [-0.2, -0.15) is 4.31 Å². The highest BCUT2D eigenvalue weighted by Crippen LogP contribution is 2.15. The van der Waals surface area contributed by atoms with Crippen molar-refractivity contribution in [2.75, 3.05) is 13.1 Å². The zero-order valence-corrected chi connectivity index (χ0v) is 16.6. The molecule has 1 rings (SSSR count). The van der Waals surface area contributed by atoms with Crippen LogP contribution in [0, 0.1) is 18.8 Å². The van der Waals surface area contributed by atoms with Crippen molar-refractivity contribution in [1.29, 1.82) is 0 Å². The smallest absolute Gasteiger partial charge is 0.207 e. The van der Waals surface area contributed by atoms with Crippen LogP contribution in [-0.4, -0.2) is 33.9 Å². The maximum atomic E-state index is 12.6. The summed E-state index contributed by atoms with van der Waals surface area (Å²) in [4.78, 5) is 0.320. The molecule has 0 aliphatic carbocycles. The normalized spacial score (nSPS) is 12.4. The Hall–Kier alpha value is -1.35. The summed E-state index contributed by atoms with van der Waals surface area (Å²) in [5.74, 6) is 5.88. The molecule has 0 atom stereocenters. The van der Waals surface area contributed by atoms with Gasteiger partial charge in [0.05, 0.1) is 11.4 Å². The second kappa shape index (κ2) is 8.49. The van der Waals surface area contributed by atoms with Gasteiger partial charge in [0.1, 0.15) is 0 Å². The van der Waals surface area contributed by atoms with Gasteiger partial charge in [0.2, 0.25) is 10.0 Å². The zero-order valence-electron chi connectivity index (χ0n) is 14.8. The van der Waals surface area contributed by atoms with Gasteiger partial charge in [-0.25, -0.2) is 8.42 Å². The van der Waals surface area contributed by atoms with E-state index in [1.165, 1.54) is 4.31 Å². The van der Waals surface area contributed by atoms with Crippen molar-refractivity contribution in [2.45, 2.75) is 44.4 Å². The molecule has 0 aromatic heterocycles. The maximum absolute atomic E-state index is 12.6. The monoisotopic (exact) mass is 349 g/mol. The molecule has 0 aliphatic heterocycles. The molecule has 0 saturated heterocycles. The van der Waals surface area contributed by atoms with Crippen LogP contribution in [0.1, 0.15) is 12.5 Å². The molecule has 0 aliphatic rings. The highest BCUT2D eigenvalue weighted by molar-refractivity contribution is 7.89. The Labute approximate surface area is 142 Å². The van der Waals surface area contributed by atoms with Gasteiger partial charge in [-0.1, -0.05) is 62.2 Å². The Balaban J connectivity index is 2.76. The van der Waals surface area contributed by atoms with Crippen LogP contribution in [0.2, 0.25) is 25.7 Å². The second-order valence-corrected chi connectivity index (χ2v) is 14.2. The molecule has 0 saturated carbocycles. The molecule has 0 unspecified atom stereocenters. The van der Waals surface area contributed by atoms with Gasteiger partial charge in [0.25, 0.3) is 0 Å². The maximum Gasteiger partial charge on any atom is 0.243 e. The number of rotatable bonds is 6. The summed E-state index contributed by atoms with van der Waals surface area (Å²) in [6, 6.07) is 8.00. The number of sulfonamides is 1. The topological polar surface area (TPSA) is 37.4 Å². The fraction of sp³-hybridized carbons (Fsp3) is 0.444. The molecule has 0 fully saturated rings. The summed E-state index contributed by atoms with van der Waals surface area (Å²) in [6.45, 7) is 11.3. The van der Waals surface area contributed by atoms with E-state index >= 15 is 0 Å². The number of hydrogen-bond acceptors (Lipinski definition) is 2. The third-order valence-electron chi connectivity index (χ3n) is 3.30. The standard InChI is InChI=1S/C18H27NO2SSi/c1-6-19(15-9-7-8-10-16-23(3,4)5)22(20,21)18-13-11-17(2)12-14-18/h8,10-14H,6,15-16H2,1-5H3/b10-8-. The van der Waals surface area contributed by atoms with E-state index in [0.717, 1.165) is 11.6 Å². The summed E-state index contributed by atoms with van der Waals surface area (Å²) in [7, 11) is -4.56. The van der Waals surface area contributed by atoms with Gasteiger partial charge in [0, 0.05) is 14.6 Å². The molecule has 1 aromatic carbocycles. The van der Waals surface area contributed by atoms with Gasteiger partial charge in [0.15, 0.2) is 0 Å². The summed E-state index contributed by atoms with van der Waals surface area (Å²) in [5.41, 5.74) is 1.04. The molecule has 0 heterocycles. The van der Waals surface area contributed by atoms with Crippen molar-refractivity contribution in [3.63, 3.8) is 0 Å². The number of allylic oxidation sites excluding steroid dienone is 2. The van der Waals surface area contributed by atoms with Crippen molar-refractivity contribution in [3.8, 4) is 11.8 Å². The van der Waals surface area contributed by atoms with E-state index in [1.54, 1.807) is 12.1 Å². The van der Waals surface area contributed by atoms with Crippen LogP contribution in [0.25, 0.3) is 0 Å².